The number of anilines is 1. The van der Waals surface area contributed by atoms with Crippen molar-refractivity contribution in [2.45, 2.75) is 19.1 Å². The summed E-state index contributed by atoms with van der Waals surface area (Å²) >= 11 is 0. The molecule has 0 aliphatic carbocycles. The van der Waals surface area contributed by atoms with E-state index < -0.39 is 18.1 Å². The summed E-state index contributed by atoms with van der Waals surface area (Å²) in [6, 6.07) is 3.11. The smallest absolute Gasteiger partial charge is 0.242 e. The Bertz CT molecular complexity index is 419. The molecule has 3 N–H and O–H groups in total. The Hall–Kier alpha value is -1.66. The molecule has 1 fully saturated rings. The molecule has 0 bridgehead atoms. The van der Waals surface area contributed by atoms with Crippen LogP contribution in [0.3, 0.4) is 0 Å². The van der Waals surface area contributed by atoms with E-state index >= 15 is 0 Å². The molecule has 0 aromatic carbocycles. The topological polar surface area (TPSA) is 88.7 Å². The van der Waals surface area contributed by atoms with Crippen LogP contribution >= 0.6 is 0 Å². The van der Waals surface area contributed by atoms with Crippen molar-refractivity contribution in [1.29, 1.82) is 0 Å². The number of aliphatic hydroxyl groups excluding tert-OH is 1. The fourth-order valence-electron chi connectivity index (χ4n) is 1.96. The number of hydrogen-bond donors (Lipinski definition) is 2. The van der Waals surface area contributed by atoms with Crippen LogP contribution in [0.2, 0.25) is 0 Å². The third kappa shape index (κ3) is 2.60. The van der Waals surface area contributed by atoms with Crippen molar-refractivity contribution in [3.8, 4) is 0 Å². The molecule has 2 atom stereocenters. The first-order valence-corrected chi connectivity index (χ1v) is 5.87. The van der Waals surface area contributed by atoms with Crippen molar-refractivity contribution in [1.82, 2.24) is 4.98 Å². The van der Waals surface area contributed by atoms with E-state index in [4.69, 9.17) is 10.5 Å². The molecule has 2 rings (SSSR count). The summed E-state index contributed by atoms with van der Waals surface area (Å²) in [5.41, 5.74) is 6.76. The number of amides is 1. The van der Waals surface area contributed by atoms with Gasteiger partial charge in [0.25, 0.3) is 0 Å². The second kappa shape index (κ2) is 5.32. The van der Waals surface area contributed by atoms with Crippen LogP contribution in [0, 0.1) is 0 Å². The summed E-state index contributed by atoms with van der Waals surface area (Å²) in [6.07, 6.45) is 1.04. The fourth-order valence-corrected chi connectivity index (χ4v) is 1.96. The molecule has 1 aliphatic rings. The molecule has 1 aromatic rings. The van der Waals surface area contributed by atoms with Gasteiger partial charge >= 0.3 is 0 Å². The summed E-state index contributed by atoms with van der Waals surface area (Å²) in [4.78, 5) is 17.4. The van der Waals surface area contributed by atoms with Gasteiger partial charge in [-0.15, -0.1) is 0 Å². The first-order valence-electron chi connectivity index (χ1n) is 5.87. The van der Waals surface area contributed by atoms with E-state index in [-0.39, 0.29) is 0 Å². The van der Waals surface area contributed by atoms with Crippen molar-refractivity contribution in [2.75, 3.05) is 24.7 Å². The lowest BCUT2D eigenvalue weighted by atomic mass is 10.2. The zero-order chi connectivity index (χ0) is 13.1. The lowest BCUT2D eigenvalue weighted by Crippen LogP contribution is -2.52. The molecule has 1 amide bonds. The highest BCUT2D eigenvalue weighted by Gasteiger charge is 2.28. The summed E-state index contributed by atoms with van der Waals surface area (Å²) in [5.74, 6) is -0.408. The number of nitrogens with zero attached hydrogens (tertiary/aromatic N) is 2. The van der Waals surface area contributed by atoms with E-state index in [0.717, 1.165) is 5.69 Å². The number of rotatable bonds is 3. The molecule has 0 saturated carbocycles. The van der Waals surface area contributed by atoms with Crippen molar-refractivity contribution in [2.24, 2.45) is 5.73 Å². The van der Waals surface area contributed by atoms with Crippen LogP contribution in [0.25, 0.3) is 0 Å². The van der Waals surface area contributed by atoms with E-state index in [9.17, 15) is 9.90 Å². The average molecular weight is 251 g/mol. The Morgan fingerprint density at radius 2 is 2.44 bits per heavy atom. The van der Waals surface area contributed by atoms with Gasteiger partial charge in [-0.1, -0.05) is 0 Å². The minimum Gasteiger partial charge on any atom is -0.387 e. The number of hydrogen-bond acceptors (Lipinski definition) is 5. The lowest BCUT2D eigenvalue weighted by molar-refractivity contribution is -0.121. The summed E-state index contributed by atoms with van der Waals surface area (Å²) in [6.45, 7) is 3.11. The van der Waals surface area contributed by atoms with Crippen LogP contribution in [0.5, 0.6) is 0 Å². The fraction of sp³-hybridized carbons (Fsp3) is 0.500. The van der Waals surface area contributed by atoms with Gasteiger partial charge in [0.15, 0.2) is 0 Å². The van der Waals surface area contributed by atoms with E-state index in [2.05, 4.69) is 4.98 Å². The second-order valence-electron chi connectivity index (χ2n) is 4.30. The van der Waals surface area contributed by atoms with E-state index in [0.29, 0.717) is 25.5 Å². The molecule has 1 unspecified atom stereocenters. The highest BCUT2D eigenvalue weighted by molar-refractivity contribution is 5.84. The third-order valence-electron chi connectivity index (χ3n) is 2.99. The van der Waals surface area contributed by atoms with Crippen LogP contribution < -0.4 is 10.6 Å². The Kier molecular flexibility index (Phi) is 3.78. The molecule has 1 saturated heterocycles. The number of nitrogens with two attached hydrogens (primary N) is 1. The number of primary amides is 1. The van der Waals surface area contributed by atoms with E-state index in [1.807, 2.05) is 11.0 Å². The number of carbonyl (C=O) groups is 1. The number of aliphatic hydroxyl groups is 1. The summed E-state index contributed by atoms with van der Waals surface area (Å²) in [5, 5.41) is 9.39. The molecular weight excluding hydrogens is 234 g/mol. The van der Waals surface area contributed by atoms with Crippen LogP contribution in [0.4, 0.5) is 5.69 Å². The minimum absolute atomic E-state index is 0.299. The van der Waals surface area contributed by atoms with Gasteiger partial charge < -0.3 is 20.5 Å². The molecular formula is C12H17N3O3. The monoisotopic (exact) mass is 251 g/mol. The number of carbonyl (C=O) groups excluding carboxylic acids is 1. The number of ether oxygens (including phenoxy) is 1. The van der Waals surface area contributed by atoms with Crippen molar-refractivity contribution in [3.63, 3.8) is 0 Å². The predicted molar refractivity (Wildman–Crippen MR) is 66.0 cm³/mol. The quantitative estimate of drug-likeness (QED) is 0.778. The average Bonchev–Trinajstić information content (AvgIpc) is 2.39. The van der Waals surface area contributed by atoms with Crippen LogP contribution in [0.15, 0.2) is 18.3 Å². The molecule has 6 heteroatoms. The molecule has 6 nitrogen and oxygen atoms in total. The lowest BCUT2D eigenvalue weighted by Gasteiger charge is -2.35. The Morgan fingerprint density at radius 3 is 3.00 bits per heavy atom. The largest absolute Gasteiger partial charge is 0.387 e. The highest BCUT2D eigenvalue weighted by atomic mass is 16.5. The third-order valence-corrected chi connectivity index (χ3v) is 2.99. The maximum absolute atomic E-state index is 11.4. The zero-order valence-corrected chi connectivity index (χ0v) is 10.2. The summed E-state index contributed by atoms with van der Waals surface area (Å²) in [7, 11) is 0. The van der Waals surface area contributed by atoms with Gasteiger partial charge in [0, 0.05) is 6.54 Å². The van der Waals surface area contributed by atoms with Crippen molar-refractivity contribution >= 4 is 11.6 Å². The predicted octanol–water partition coefficient (Wildman–Crippen LogP) is -0.175. The Balaban J connectivity index is 2.20. The molecule has 1 aromatic heterocycles. The second-order valence-corrected chi connectivity index (χ2v) is 4.30. The van der Waals surface area contributed by atoms with Crippen molar-refractivity contribution < 1.29 is 14.6 Å². The molecule has 0 spiro atoms. The van der Waals surface area contributed by atoms with Crippen LogP contribution in [-0.4, -0.2) is 41.8 Å². The highest BCUT2D eigenvalue weighted by Crippen LogP contribution is 2.20. The van der Waals surface area contributed by atoms with Crippen LogP contribution in [-0.2, 0) is 9.53 Å². The van der Waals surface area contributed by atoms with Gasteiger partial charge in [0.05, 0.1) is 36.9 Å². The Morgan fingerprint density at radius 1 is 1.67 bits per heavy atom. The molecule has 98 valence electrons. The van der Waals surface area contributed by atoms with Gasteiger partial charge in [0.2, 0.25) is 5.91 Å². The first kappa shape index (κ1) is 12.8. The molecule has 0 radical (unpaired) electrons. The molecule has 18 heavy (non-hydrogen) atoms. The SMILES string of the molecule is C[C@H](O)c1ccc(N2CCOCC2C(N)=O)cn1. The van der Waals surface area contributed by atoms with Gasteiger partial charge in [-0.05, 0) is 19.1 Å². The minimum atomic E-state index is -0.601. The zero-order valence-electron chi connectivity index (χ0n) is 10.2. The van der Waals surface area contributed by atoms with E-state index in [1.165, 1.54) is 0 Å². The van der Waals surface area contributed by atoms with Gasteiger partial charge in [-0.25, -0.2) is 0 Å². The maximum atomic E-state index is 11.4. The van der Waals surface area contributed by atoms with Gasteiger partial charge in [-0.2, -0.15) is 0 Å². The normalized spacial score (nSPS) is 21.7. The Labute approximate surface area is 105 Å². The number of aromatic nitrogens is 1. The standard InChI is InChI=1S/C12H17N3O3/c1-8(16)10-3-2-9(6-14-10)15-4-5-18-7-11(15)12(13)17/h2-3,6,8,11,16H,4-5,7H2,1H3,(H2,13,17)/t8-,11?/m0/s1. The van der Waals surface area contributed by atoms with E-state index in [1.54, 1.807) is 19.2 Å². The van der Waals surface area contributed by atoms with Gasteiger partial charge in [0.1, 0.15) is 6.04 Å². The molecule has 2 heterocycles. The molecule has 1 aliphatic heterocycles. The van der Waals surface area contributed by atoms with Crippen molar-refractivity contribution in [3.05, 3.63) is 24.0 Å². The maximum Gasteiger partial charge on any atom is 0.242 e. The summed E-state index contributed by atoms with van der Waals surface area (Å²) < 4.78 is 5.25. The van der Waals surface area contributed by atoms with Gasteiger partial charge in [-0.3, -0.25) is 9.78 Å². The number of morpholine rings is 1. The first-order chi connectivity index (χ1) is 8.59. The van der Waals surface area contributed by atoms with Crippen LogP contribution in [0.1, 0.15) is 18.7 Å². The number of pyridine rings is 1.